The van der Waals surface area contributed by atoms with Crippen LogP contribution in [0.1, 0.15) is 12.5 Å². The van der Waals surface area contributed by atoms with Crippen LogP contribution in [0.4, 0.5) is 0 Å². The van der Waals surface area contributed by atoms with E-state index in [0.717, 1.165) is 15.4 Å². The summed E-state index contributed by atoms with van der Waals surface area (Å²) in [4.78, 5) is 6.42. The van der Waals surface area contributed by atoms with E-state index in [9.17, 15) is 5.11 Å². The number of thiophene rings is 1. The molecule has 0 fully saturated rings. The van der Waals surface area contributed by atoms with Crippen LogP contribution >= 0.6 is 22.7 Å². The van der Waals surface area contributed by atoms with Gasteiger partial charge in [0.1, 0.15) is 11.5 Å². The van der Waals surface area contributed by atoms with Crippen LogP contribution in [-0.2, 0) is 0 Å². The van der Waals surface area contributed by atoms with Crippen LogP contribution in [-0.4, -0.2) is 29.1 Å². The van der Waals surface area contributed by atoms with Crippen LogP contribution in [0.2, 0.25) is 0 Å². The minimum absolute atomic E-state index is 0.128. The highest BCUT2D eigenvalue weighted by Gasteiger charge is 2.11. The molecule has 0 saturated heterocycles. The molecule has 0 bridgehead atoms. The van der Waals surface area contributed by atoms with E-state index in [4.69, 9.17) is 9.84 Å². The zero-order valence-electron chi connectivity index (χ0n) is 14.5. The average Bonchev–Trinajstić information content (AvgIpc) is 3.29. The van der Waals surface area contributed by atoms with E-state index >= 15 is 0 Å². The number of benzene rings is 1. The number of aromatic nitrogens is 1. The van der Waals surface area contributed by atoms with Gasteiger partial charge in [0.15, 0.2) is 0 Å². The van der Waals surface area contributed by atoms with Crippen molar-refractivity contribution >= 4 is 28.4 Å². The second-order valence-corrected chi connectivity index (χ2v) is 7.17. The molecule has 3 aromatic rings. The quantitative estimate of drug-likeness (QED) is 0.506. The fourth-order valence-corrected chi connectivity index (χ4v) is 4.02. The van der Waals surface area contributed by atoms with Crippen LogP contribution in [0.25, 0.3) is 10.6 Å². The predicted octanol–water partition coefficient (Wildman–Crippen LogP) is 4.35. The van der Waals surface area contributed by atoms with Crippen LogP contribution in [0.15, 0.2) is 63.8 Å². The highest BCUT2D eigenvalue weighted by atomic mass is 32.1. The van der Waals surface area contributed by atoms with Gasteiger partial charge in [-0.25, -0.2) is 4.68 Å². The third kappa shape index (κ3) is 3.79. The molecule has 5 nitrogen and oxygen atoms in total. The maximum absolute atomic E-state index is 10.3. The lowest BCUT2D eigenvalue weighted by atomic mass is 10.1. The molecule has 3 rings (SSSR count). The molecule has 0 spiro atoms. The first-order valence-corrected chi connectivity index (χ1v) is 9.68. The smallest absolute Gasteiger partial charge is 0.206 e. The SMILES string of the molecule is C=CCN=c1scc(-c2cccs2)n1N=C(C)c1ccc(OC)cc1O. The molecule has 1 N–H and O–H groups in total. The van der Waals surface area contributed by atoms with Crippen molar-refractivity contribution in [1.82, 2.24) is 4.68 Å². The van der Waals surface area contributed by atoms with Gasteiger partial charge in [0.2, 0.25) is 4.80 Å². The predicted molar refractivity (Wildman–Crippen MR) is 109 cm³/mol. The summed E-state index contributed by atoms with van der Waals surface area (Å²) >= 11 is 3.17. The number of rotatable bonds is 6. The summed E-state index contributed by atoms with van der Waals surface area (Å²) in [5, 5.41) is 19.1. The number of hydrogen-bond acceptors (Lipinski definition) is 6. The molecule has 0 amide bonds. The number of nitrogens with zero attached hydrogens (tertiary/aromatic N) is 3. The van der Waals surface area contributed by atoms with Crippen molar-refractivity contribution in [2.45, 2.75) is 6.92 Å². The lowest BCUT2D eigenvalue weighted by molar-refractivity contribution is 0.407. The standard InChI is InChI=1S/C19H19N3O2S2/c1-4-9-20-19-22(16(12-26-19)18-6-5-10-25-18)21-13(2)15-8-7-14(24-3)11-17(15)23/h4-8,10-12,23H,1,9H2,2-3H3. The normalized spacial score (nSPS) is 12.4. The summed E-state index contributed by atoms with van der Waals surface area (Å²) in [5.74, 6) is 0.729. The number of phenols is 1. The van der Waals surface area contributed by atoms with Crippen molar-refractivity contribution in [3.05, 3.63) is 64.1 Å². The number of thiazole rings is 1. The topological polar surface area (TPSA) is 59.1 Å². The minimum Gasteiger partial charge on any atom is -0.507 e. The number of aromatic hydroxyl groups is 1. The van der Waals surface area contributed by atoms with Gasteiger partial charge in [0.25, 0.3) is 0 Å². The fraction of sp³-hybridized carbons (Fsp3) is 0.158. The van der Waals surface area contributed by atoms with E-state index in [1.807, 2.05) is 28.4 Å². The Labute approximate surface area is 159 Å². The minimum atomic E-state index is 0.128. The van der Waals surface area contributed by atoms with Gasteiger partial charge in [0.05, 0.1) is 29.9 Å². The van der Waals surface area contributed by atoms with Gasteiger partial charge in [-0.1, -0.05) is 12.1 Å². The van der Waals surface area contributed by atoms with Crippen LogP contribution in [0.3, 0.4) is 0 Å². The van der Waals surface area contributed by atoms with Crippen LogP contribution < -0.4 is 9.54 Å². The molecule has 26 heavy (non-hydrogen) atoms. The van der Waals surface area contributed by atoms with Crippen molar-refractivity contribution in [3.8, 4) is 22.1 Å². The monoisotopic (exact) mass is 385 g/mol. The maximum atomic E-state index is 10.3. The molecule has 2 aromatic heterocycles. The molecule has 0 atom stereocenters. The average molecular weight is 386 g/mol. The highest BCUT2D eigenvalue weighted by molar-refractivity contribution is 7.14. The van der Waals surface area contributed by atoms with E-state index in [0.29, 0.717) is 23.6 Å². The Morgan fingerprint density at radius 3 is 2.85 bits per heavy atom. The Kier molecular flexibility index (Phi) is 5.70. The first kappa shape index (κ1) is 18.2. The Morgan fingerprint density at radius 2 is 2.19 bits per heavy atom. The number of hydrogen-bond donors (Lipinski definition) is 1. The zero-order chi connectivity index (χ0) is 18.5. The molecular weight excluding hydrogens is 366 g/mol. The van der Waals surface area contributed by atoms with Crippen molar-refractivity contribution in [3.63, 3.8) is 0 Å². The van der Waals surface area contributed by atoms with Crippen LogP contribution in [0.5, 0.6) is 11.5 Å². The molecule has 0 aliphatic rings. The Hall–Kier alpha value is -2.64. The van der Waals surface area contributed by atoms with Crippen molar-refractivity contribution in [2.75, 3.05) is 13.7 Å². The molecule has 0 radical (unpaired) electrons. The summed E-state index contributed by atoms with van der Waals surface area (Å²) < 4.78 is 6.96. The van der Waals surface area contributed by atoms with Gasteiger partial charge in [-0.15, -0.1) is 29.3 Å². The molecule has 1 aromatic carbocycles. The third-order valence-corrected chi connectivity index (χ3v) is 5.41. The van der Waals surface area contributed by atoms with Crippen molar-refractivity contribution in [1.29, 1.82) is 0 Å². The van der Waals surface area contributed by atoms with Gasteiger partial charge in [-0.3, -0.25) is 4.99 Å². The fourth-order valence-electron chi connectivity index (χ4n) is 2.39. The van der Waals surface area contributed by atoms with Crippen LogP contribution in [0, 0.1) is 0 Å². The largest absolute Gasteiger partial charge is 0.507 e. The zero-order valence-corrected chi connectivity index (χ0v) is 16.2. The Morgan fingerprint density at radius 1 is 1.35 bits per heavy atom. The molecule has 0 unspecified atom stereocenters. The summed E-state index contributed by atoms with van der Waals surface area (Å²) in [6.45, 7) is 6.10. The molecule has 2 heterocycles. The molecule has 0 saturated carbocycles. The first-order chi connectivity index (χ1) is 12.6. The molecule has 0 aliphatic heterocycles. The number of ether oxygens (including phenoxy) is 1. The maximum Gasteiger partial charge on any atom is 0.206 e. The van der Waals surface area contributed by atoms with E-state index in [-0.39, 0.29) is 5.75 Å². The number of phenolic OH excluding ortho intramolecular Hbond substituents is 1. The van der Waals surface area contributed by atoms with E-state index in [1.54, 1.807) is 42.7 Å². The molecule has 7 heteroatoms. The molecule has 134 valence electrons. The summed E-state index contributed by atoms with van der Waals surface area (Å²) in [6.07, 6.45) is 1.75. The second-order valence-electron chi connectivity index (χ2n) is 5.39. The Bertz CT molecular complexity index is 998. The number of methoxy groups -OCH3 is 1. The van der Waals surface area contributed by atoms with Crippen molar-refractivity contribution in [2.24, 2.45) is 10.1 Å². The first-order valence-electron chi connectivity index (χ1n) is 7.92. The van der Waals surface area contributed by atoms with E-state index in [2.05, 4.69) is 17.6 Å². The highest BCUT2D eigenvalue weighted by Crippen LogP contribution is 2.27. The summed E-state index contributed by atoms with van der Waals surface area (Å²) in [6, 6.07) is 9.24. The van der Waals surface area contributed by atoms with Gasteiger partial charge < -0.3 is 9.84 Å². The third-order valence-electron chi connectivity index (χ3n) is 3.66. The van der Waals surface area contributed by atoms with Gasteiger partial charge in [0, 0.05) is 17.0 Å². The van der Waals surface area contributed by atoms with E-state index < -0.39 is 0 Å². The van der Waals surface area contributed by atoms with Gasteiger partial charge in [-0.2, -0.15) is 5.10 Å². The second kappa shape index (κ2) is 8.16. The van der Waals surface area contributed by atoms with Gasteiger partial charge in [-0.05, 0) is 30.5 Å². The molecule has 0 aliphatic carbocycles. The van der Waals surface area contributed by atoms with Gasteiger partial charge >= 0.3 is 0 Å². The van der Waals surface area contributed by atoms with Crippen molar-refractivity contribution < 1.29 is 9.84 Å². The summed E-state index contributed by atoms with van der Waals surface area (Å²) in [7, 11) is 1.57. The lowest BCUT2D eigenvalue weighted by Crippen LogP contribution is -2.14. The summed E-state index contributed by atoms with van der Waals surface area (Å²) in [5.41, 5.74) is 2.30. The lowest BCUT2D eigenvalue weighted by Gasteiger charge is -2.08. The van der Waals surface area contributed by atoms with E-state index in [1.165, 1.54) is 11.3 Å². The Balaban J connectivity index is 2.11. The molecular formula is C19H19N3O2S2.